The second kappa shape index (κ2) is 5.89. The van der Waals surface area contributed by atoms with Gasteiger partial charge in [0.15, 0.2) is 5.69 Å². The normalized spacial score (nSPS) is 10.0. The maximum Gasteiger partial charge on any atom is 0.278 e. The molecule has 0 bridgehead atoms. The number of anilines is 2. The number of nitriles is 1. The molecule has 0 aliphatic rings. The molecule has 6 nitrogen and oxygen atoms in total. The van der Waals surface area contributed by atoms with Crippen LogP contribution in [0.15, 0.2) is 24.3 Å². The minimum Gasteiger partial charge on any atom is -0.395 e. The first-order valence-electron chi connectivity index (χ1n) is 6.30. The molecular formula is C14H15N5O. The van der Waals surface area contributed by atoms with E-state index in [0.29, 0.717) is 16.9 Å². The summed E-state index contributed by atoms with van der Waals surface area (Å²) in [5, 5.41) is 18.1. The number of nitrogens with two attached hydrogens (primary N) is 1. The number of aromatic amines is 1. The monoisotopic (exact) mass is 269 g/mol. The van der Waals surface area contributed by atoms with Crippen LogP contribution in [0.4, 0.5) is 11.4 Å². The number of rotatable bonds is 4. The maximum atomic E-state index is 12.1. The van der Waals surface area contributed by atoms with E-state index in [1.807, 2.05) is 13.0 Å². The number of aryl methyl sites for hydroxylation is 1. The lowest BCUT2D eigenvalue weighted by Gasteiger charge is -2.03. The summed E-state index contributed by atoms with van der Waals surface area (Å²) >= 11 is 0. The summed E-state index contributed by atoms with van der Waals surface area (Å²) < 4.78 is 0. The number of nitrogen functional groups attached to an aromatic ring is 1. The van der Waals surface area contributed by atoms with Crippen LogP contribution in [-0.4, -0.2) is 16.1 Å². The molecule has 0 aliphatic carbocycles. The molecule has 6 heteroatoms. The van der Waals surface area contributed by atoms with Crippen molar-refractivity contribution in [3.8, 4) is 6.07 Å². The summed E-state index contributed by atoms with van der Waals surface area (Å²) in [5.41, 5.74) is 8.37. The highest BCUT2D eigenvalue weighted by Gasteiger charge is 2.16. The van der Waals surface area contributed by atoms with Gasteiger partial charge in [-0.1, -0.05) is 13.3 Å². The van der Waals surface area contributed by atoms with Gasteiger partial charge in [0, 0.05) is 5.69 Å². The summed E-state index contributed by atoms with van der Waals surface area (Å²) in [6.07, 6.45) is 1.67. The van der Waals surface area contributed by atoms with E-state index in [1.54, 1.807) is 24.3 Å². The van der Waals surface area contributed by atoms with Gasteiger partial charge < -0.3 is 11.1 Å². The first kappa shape index (κ1) is 13.6. The second-order valence-corrected chi connectivity index (χ2v) is 4.36. The average Bonchev–Trinajstić information content (AvgIpc) is 2.82. The minimum absolute atomic E-state index is 0.192. The molecule has 0 radical (unpaired) electrons. The van der Waals surface area contributed by atoms with Crippen molar-refractivity contribution in [1.82, 2.24) is 10.2 Å². The van der Waals surface area contributed by atoms with Crippen LogP contribution in [0.25, 0.3) is 0 Å². The van der Waals surface area contributed by atoms with E-state index in [4.69, 9.17) is 11.0 Å². The third kappa shape index (κ3) is 2.78. The van der Waals surface area contributed by atoms with E-state index in [2.05, 4.69) is 15.5 Å². The van der Waals surface area contributed by atoms with Crippen molar-refractivity contribution in [2.75, 3.05) is 11.1 Å². The first-order valence-corrected chi connectivity index (χ1v) is 6.30. The van der Waals surface area contributed by atoms with Crippen LogP contribution in [0.2, 0.25) is 0 Å². The van der Waals surface area contributed by atoms with Gasteiger partial charge in [-0.25, -0.2) is 0 Å². The number of hydrogen-bond acceptors (Lipinski definition) is 4. The maximum absolute atomic E-state index is 12.1. The third-order valence-corrected chi connectivity index (χ3v) is 2.87. The number of aromatic nitrogens is 2. The Balaban J connectivity index is 2.13. The molecule has 2 rings (SSSR count). The molecule has 0 saturated carbocycles. The number of amides is 1. The van der Waals surface area contributed by atoms with Crippen molar-refractivity contribution in [3.05, 3.63) is 41.2 Å². The van der Waals surface area contributed by atoms with Gasteiger partial charge in [0.05, 0.1) is 23.0 Å². The van der Waals surface area contributed by atoms with E-state index in [1.165, 1.54) is 0 Å². The molecule has 1 aromatic carbocycles. The lowest BCUT2D eigenvalue weighted by Crippen LogP contribution is -2.14. The zero-order valence-corrected chi connectivity index (χ0v) is 11.1. The van der Waals surface area contributed by atoms with Crippen molar-refractivity contribution >= 4 is 17.3 Å². The van der Waals surface area contributed by atoms with Gasteiger partial charge in [-0.2, -0.15) is 10.4 Å². The zero-order valence-electron chi connectivity index (χ0n) is 11.1. The van der Waals surface area contributed by atoms with Crippen molar-refractivity contribution in [2.45, 2.75) is 19.8 Å². The number of carbonyl (C=O) groups excluding carboxylic acids is 1. The Kier molecular flexibility index (Phi) is 4.01. The number of nitrogens with one attached hydrogen (secondary N) is 2. The van der Waals surface area contributed by atoms with Crippen molar-refractivity contribution in [2.24, 2.45) is 0 Å². The quantitative estimate of drug-likeness (QED) is 0.789. The molecule has 20 heavy (non-hydrogen) atoms. The number of H-pyrrole nitrogens is 1. The van der Waals surface area contributed by atoms with E-state index in [0.717, 1.165) is 18.5 Å². The fourth-order valence-corrected chi connectivity index (χ4v) is 1.82. The van der Waals surface area contributed by atoms with Gasteiger partial charge in [-0.05, 0) is 30.7 Å². The van der Waals surface area contributed by atoms with Crippen molar-refractivity contribution in [1.29, 1.82) is 5.26 Å². The molecular weight excluding hydrogens is 254 g/mol. The van der Waals surface area contributed by atoms with E-state index >= 15 is 0 Å². The van der Waals surface area contributed by atoms with Gasteiger partial charge in [0.25, 0.3) is 5.91 Å². The Morgan fingerprint density at radius 3 is 2.75 bits per heavy atom. The number of hydrogen-bond donors (Lipinski definition) is 3. The molecule has 0 atom stereocenters. The summed E-state index contributed by atoms with van der Waals surface area (Å²) in [6, 6.07) is 8.60. The fourth-order valence-electron chi connectivity index (χ4n) is 1.82. The number of carbonyl (C=O) groups is 1. The van der Waals surface area contributed by atoms with Crippen LogP contribution < -0.4 is 11.1 Å². The summed E-state index contributed by atoms with van der Waals surface area (Å²) in [4.78, 5) is 12.1. The molecule has 0 saturated heterocycles. The standard InChI is InChI=1S/C14H15N5O/c1-2-3-11-12(16)13(19-18-11)14(20)17-10-6-4-9(8-15)5-7-10/h4-7H,2-3,16H2,1H3,(H,17,20)(H,18,19). The molecule has 1 heterocycles. The molecule has 1 aromatic heterocycles. The second-order valence-electron chi connectivity index (χ2n) is 4.36. The third-order valence-electron chi connectivity index (χ3n) is 2.87. The van der Waals surface area contributed by atoms with E-state index in [9.17, 15) is 4.79 Å². The molecule has 1 amide bonds. The van der Waals surface area contributed by atoms with Crippen LogP contribution >= 0.6 is 0 Å². The molecule has 4 N–H and O–H groups in total. The smallest absolute Gasteiger partial charge is 0.278 e. The van der Waals surface area contributed by atoms with Gasteiger partial charge in [-0.3, -0.25) is 9.89 Å². The number of nitrogens with zero attached hydrogens (tertiary/aromatic N) is 2. The molecule has 0 spiro atoms. The van der Waals surface area contributed by atoms with Crippen LogP contribution in [0.1, 0.15) is 35.1 Å². The Bertz CT molecular complexity index is 651. The molecule has 102 valence electrons. The Labute approximate surface area is 116 Å². The summed E-state index contributed by atoms with van der Waals surface area (Å²) in [5.74, 6) is -0.370. The molecule has 0 fully saturated rings. The predicted molar refractivity (Wildman–Crippen MR) is 76.1 cm³/mol. The summed E-state index contributed by atoms with van der Waals surface area (Å²) in [7, 11) is 0. The Morgan fingerprint density at radius 2 is 2.15 bits per heavy atom. The first-order chi connectivity index (χ1) is 9.65. The average molecular weight is 269 g/mol. The highest BCUT2D eigenvalue weighted by molar-refractivity contribution is 6.06. The van der Waals surface area contributed by atoms with Crippen LogP contribution in [-0.2, 0) is 6.42 Å². The van der Waals surface area contributed by atoms with E-state index in [-0.39, 0.29) is 11.6 Å². The Hall–Kier alpha value is -2.81. The van der Waals surface area contributed by atoms with Gasteiger partial charge in [0.1, 0.15) is 0 Å². The Morgan fingerprint density at radius 1 is 1.45 bits per heavy atom. The molecule has 2 aromatic rings. The lowest BCUT2D eigenvalue weighted by atomic mass is 10.2. The minimum atomic E-state index is -0.370. The van der Waals surface area contributed by atoms with Crippen molar-refractivity contribution in [3.63, 3.8) is 0 Å². The largest absolute Gasteiger partial charge is 0.395 e. The molecule has 0 aliphatic heterocycles. The van der Waals surface area contributed by atoms with Gasteiger partial charge in [0.2, 0.25) is 0 Å². The fraction of sp³-hybridized carbons (Fsp3) is 0.214. The SMILES string of the molecule is CCCc1[nH]nc(C(=O)Nc2ccc(C#N)cc2)c1N. The predicted octanol–water partition coefficient (Wildman–Crippen LogP) is 2.07. The van der Waals surface area contributed by atoms with Gasteiger partial charge in [-0.15, -0.1) is 0 Å². The van der Waals surface area contributed by atoms with Crippen LogP contribution in [0, 0.1) is 11.3 Å². The van der Waals surface area contributed by atoms with Crippen LogP contribution in [0.5, 0.6) is 0 Å². The zero-order chi connectivity index (χ0) is 14.5. The van der Waals surface area contributed by atoms with E-state index < -0.39 is 0 Å². The highest BCUT2D eigenvalue weighted by atomic mass is 16.2. The molecule has 0 unspecified atom stereocenters. The topological polar surface area (TPSA) is 108 Å². The highest BCUT2D eigenvalue weighted by Crippen LogP contribution is 2.17. The van der Waals surface area contributed by atoms with Crippen LogP contribution in [0.3, 0.4) is 0 Å². The summed E-state index contributed by atoms with van der Waals surface area (Å²) in [6.45, 7) is 2.02. The number of benzene rings is 1. The van der Waals surface area contributed by atoms with Crippen molar-refractivity contribution < 1.29 is 4.79 Å². The lowest BCUT2D eigenvalue weighted by molar-refractivity contribution is 0.102. The van der Waals surface area contributed by atoms with Gasteiger partial charge >= 0.3 is 0 Å².